The first-order valence-corrected chi connectivity index (χ1v) is 7.45. The maximum atomic E-state index is 11.5. The second kappa shape index (κ2) is 4.93. The van der Waals surface area contributed by atoms with Crippen LogP contribution in [0.3, 0.4) is 0 Å². The molecule has 1 aromatic heterocycles. The third-order valence-electron chi connectivity index (χ3n) is 2.88. The Kier molecular flexibility index (Phi) is 3.51. The van der Waals surface area contributed by atoms with Crippen molar-refractivity contribution >= 4 is 21.5 Å². The van der Waals surface area contributed by atoms with Crippen molar-refractivity contribution in [1.82, 2.24) is 4.98 Å². The Labute approximate surface area is 105 Å². The highest BCUT2D eigenvalue weighted by Gasteiger charge is 2.20. The third kappa shape index (κ3) is 2.98. The van der Waals surface area contributed by atoms with Crippen LogP contribution in [0.5, 0.6) is 0 Å². The molecule has 0 saturated carbocycles. The van der Waals surface area contributed by atoms with Gasteiger partial charge in [0.15, 0.2) is 9.84 Å². The summed E-state index contributed by atoms with van der Waals surface area (Å²) in [5.41, 5.74) is 0.680. The normalized spacial score (nSPS) is 19.2. The number of sulfone groups is 1. The van der Waals surface area contributed by atoms with Crippen LogP contribution >= 0.6 is 0 Å². The molecule has 0 unspecified atom stereocenters. The lowest BCUT2D eigenvalue weighted by molar-refractivity contribution is 0.0690. The number of hydrogen-bond acceptors (Lipinski definition) is 5. The molecule has 2 heterocycles. The van der Waals surface area contributed by atoms with Gasteiger partial charge in [-0.15, -0.1) is 0 Å². The Hall–Kier alpha value is -1.63. The molecule has 98 valence electrons. The van der Waals surface area contributed by atoms with Crippen LogP contribution in [0, 0.1) is 0 Å². The molecule has 2 rings (SSSR count). The number of aromatic carboxylic acids is 1. The van der Waals surface area contributed by atoms with Crippen LogP contribution in [-0.4, -0.2) is 49.1 Å². The van der Waals surface area contributed by atoms with Gasteiger partial charge >= 0.3 is 5.97 Å². The van der Waals surface area contributed by atoms with E-state index < -0.39 is 15.8 Å². The quantitative estimate of drug-likeness (QED) is 0.837. The standard InChI is InChI=1S/C11H14N2O4S/c14-11(15)10-8-9(2-3-12-10)13-4-1-6-18(16,17)7-5-13/h2-3,8H,1,4-7H2,(H,14,15). The van der Waals surface area contributed by atoms with E-state index in [4.69, 9.17) is 5.11 Å². The number of nitrogens with zero attached hydrogens (tertiary/aromatic N) is 2. The van der Waals surface area contributed by atoms with E-state index in [9.17, 15) is 13.2 Å². The minimum atomic E-state index is -2.96. The molecule has 0 aliphatic carbocycles. The lowest BCUT2D eigenvalue weighted by Crippen LogP contribution is -2.27. The van der Waals surface area contributed by atoms with Crippen LogP contribution < -0.4 is 4.90 Å². The number of anilines is 1. The number of carboxylic acid groups (broad SMARTS) is 1. The summed E-state index contributed by atoms with van der Waals surface area (Å²) in [6.45, 7) is 1.01. The van der Waals surface area contributed by atoms with E-state index in [1.165, 1.54) is 12.3 Å². The molecule has 18 heavy (non-hydrogen) atoms. The Bertz CT molecular complexity index is 556. The number of hydrogen-bond donors (Lipinski definition) is 1. The lowest BCUT2D eigenvalue weighted by Gasteiger charge is -2.21. The van der Waals surface area contributed by atoms with Crippen molar-refractivity contribution in [3.63, 3.8) is 0 Å². The molecule has 1 saturated heterocycles. The zero-order valence-corrected chi connectivity index (χ0v) is 10.6. The van der Waals surface area contributed by atoms with Gasteiger partial charge in [-0.3, -0.25) is 0 Å². The molecule has 1 N–H and O–H groups in total. The Balaban J connectivity index is 2.21. The Morgan fingerprint density at radius 2 is 2.11 bits per heavy atom. The molecular weight excluding hydrogens is 256 g/mol. The van der Waals surface area contributed by atoms with Gasteiger partial charge in [0, 0.05) is 25.0 Å². The average molecular weight is 270 g/mol. The molecular formula is C11H14N2O4S. The Morgan fingerprint density at radius 1 is 1.33 bits per heavy atom. The van der Waals surface area contributed by atoms with Gasteiger partial charge in [0.2, 0.25) is 0 Å². The topological polar surface area (TPSA) is 87.6 Å². The van der Waals surface area contributed by atoms with Crippen molar-refractivity contribution in [3.8, 4) is 0 Å². The first kappa shape index (κ1) is 12.8. The van der Waals surface area contributed by atoms with Crippen molar-refractivity contribution in [2.75, 3.05) is 29.5 Å². The first-order valence-electron chi connectivity index (χ1n) is 5.63. The zero-order chi connectivity index (χ0) is 13.2. The average Bonchev–Trinajstić information content (AvgIpc) is 2.50. The summed E-state index contributed by atoms with van der Waals surface area (Å²) >= 11 is 0. The van der Waals surface area contributed by atoms with E-state index in [1.807, 2.05) is 4.90 Å². The van der Waals surface area contributed by atoms with Gasteiger partial charge < -0.3 is 10.0 Å². The van der Waals surface area contributed by atoms with Gasteiger partial charge in [-0.25, -0.2) is 18.2 Å². The summed E-state index contributed by atoms with van der Waals surface area (Å²) in [5, 5.41) is 8.87. The van der Waals surface area contributed by atoms with Gasteiger partial charge in [-0.05, 0) is 18.6 Å². The molecule has 0 spiro atoms. The largest absolute Gasteiger partial charge is 0.477 e. The highest BCUT2D eigenvalue weighted by atomic mass is 32.2. The fourth-order valence-corrected chi connectivity index (χ4v) is 3.20. The molecule has 1 aromatic rings. The first-order chi connectivity index (χ1) is 8.48. The summed E-state index contributed by atoms with van der Waals surface area (Å²) < 4.78 is 23.0. The second-order valence-electron chi connectivity index (χ2n) is 4.20. The van der Waals surface area contributed by atoms with Crippen molar-refractivity contribution in [1.29, 1.82) is 0 Å². The molecule has 0 bridgehead atoms. The van der Waals surface area contributed by atoms with Crippen molar-refractivity contribution in [2.45, 2.75) is 6.42 Å². The molecule has 0 radical (unpaired) electrons. The fraction of sp³-hybridized carbons (Fsp3) is 0.455. The molecule has 7 heteroatoms. The minimum Gasteiger partial charge on any atom is -0.477 e. The Morgan fingerprint density at radius 3 is 2.83 bits per heavy atom. The molecule has 0 amide bonds. The highest BCUT2D eigenvalue weighted by molar-refractivity contribution is 7.91. The van der Waals surface area contributed by atoms with E-state index in [0.29, 0.717) is 25.2 Å². The van der Waals surface area contributed by atoms with E-state index in [2.05, 4.69) is 4.98 Å². The molecule has 1 aliphatic heterocycles. The second-order valence-corrected chi connectivity index (χ2v) is 6.50. The summed E-state index contributed by atoms with van der Waals surface area (Å²) in [5.74, 6) is -0.780. The van der Waals surface area contributed by atoms with Gasteiger partial charge in [0.05, 0.1) is 11.5 Å². The summed E-state index contributed by atoms with van der Waals surface area (Å²) in [6, 6.07) is 3.17. The predicted molar refractivity (Wildman–Crippen MR) is 66.7 cm³/mol. The minimum absolute atomic E-state index is 0.0281. The van der Waals surface area contributed by atoms with Gasteiger partial charge in [-0.1, -0.05) is 0 Å². The SMILES string of the molecule is O=C(O)c1cc(N2CCCS(=O)(=O)CC2)ccn1. The summed E-state index contributed by atoms with van der Waals surface area (Å²) in [7, 11) is -2.96. The summed E-state index contributed by atoms with van der Waals surface area (Å²) in [6.07, 6.45) is 1.99. The number of rotatable bonds is 2. The van der Waals surface area contributed by atoms with Crippen LogP contribution in [0.25, 0.3) is 0 Å². The zero-order valence-electron chi connectivity index (χ0n) is 9.74. The molecule has 0 aromatic carbocycles. The highest BCUT2D eigenvalue weighted by Crippen LogP contribution is 2.17. The molecule has 1 aliphatic rings. The monoisotopic (exact) mass is 270 g/mol. The van der Waals surface area contributed by atoms with E-state index >= 15 is 0 Å². The van der Waals surface area contributed by atoms with Crippen molar-refractivity contribution in [2.24, 2.45) is 0 Å². The predicted octanol–water partition coefficient (Wildman–Crippen LogP) is 0.405. The van der Waals surface area contributed by atoms with Gasteiger partial charge in [0.25, 0.3) is 0 Å². The van der Waals surface area contributed by atoms with Crippen LogP contribution in [0.2, 0.25) is 0 Å². The van der Waals surface area contributed by atoms with Crippen molar-refractivity contribution in [3.05, 3.63) is 24.0 Å². The van der Waals surface area contributed by atoms with Gasteiger partial charge in [0.1, 0.15) is 5.69 Å². The van der Waals surface area contributed by atoms with Crippen LogP contribution in [-0.2, 0) is 9.84 Å². The van der Waals surface area contributed by atoms with Crippen LogP contribution in [0.15, 0.2) is 18.3 Å². The van der Waals surface area contributed by atoms with E-state index in [1.54, 1.807) is 6.07 Å². The van der Waals surface area contributed by atoms with Crippen LogP contribution in [0.1, 0.15) is 16.9 Å². The maximum absolute atomic E-state index is 11.5. The third-order valence-corrected chi connectivity index (χ3v) is 4.60. The molecule has 0 atom stereocenters. The number of pyridine rings is 1. The maximum Gasteiger partial charge on any atom is 0.354 e. The van der Waals surface area contributed by atoms with Gasteiger partial charge in [-0.2, -0.15) is 0 Å². The number of aromatic nitrogens is 1. The molecule has 1 fully saturated rings. The molecule has 6 nitrogen and oxygen atoms in total. The lowest BCUT2D eigenvalue weighted by atomic mass is 10.2. The number of carbonyl (C=O) groups is 1. The summed E-state index contributed by atoms with van der Waals surface area (Å²) in [4.78, 5) is 16.5. The smallest absolute Gasteiger partial charge is 0.354 e. The van der Waals surface area contributed by atoms with E-state index in [0.717, 1.165) is 0 Å². The fourth-order valence-electron chi connectivity index (χ4n) is 1.93. The van der Waals surface area contributed by atoms with Crippen LogP contribution in [0.4, 0.5) is 5.69 Å². The van der Waals surface area contributed by atoms with E-state index in [-0.39, 0.29) is 17.2 Å². The number of carboxylic acids is 1. The van der Waals surface area contributed by atoms with Crippen molar-refractivity contribution < 1.29 is 18.3 Å².